The summed E-state index contributed by atoms with van der Waals surface area (Å²) in [5.74, 6) is 0.672. The zero-order valence-corrected chi connectivity index (χ0v) is 11.3. The number of nitrogens with one attached hydrogen (secondary N) is 1. The molecule has 2 aromatic rings. The highest BCUT2D eigenvalue weighted by molar-refractivity contribution is 5.78. The molecule has 9 nitrogen and oxygen atoms in total. The van der Waals surface area contributed by atoms with Gasteiger partial charge in [0.15, 0.2) is 0 Å². The normalized spacial score (nSPS) is 10.3. The van der Waals surface area contributed by atoms with Crippen LogP contribution in [0.25, 0.3) is 5.95 Å². The number of likely N-dealkylation sites (N-methyl/N-ethyl adjacent to an activating group) is 1. The van der Waals surface area contributed by atoms with Crippen molar-refractivity contribution in [2.75, 3.05) is 30.4 Å². The molecule has 0 aliphatic rings. The van der Waals surface area contributed by atoms with Gasteiger partial charge in [0, 0.05) is 26.0 Å². The van der Waals surface area contributed by atoms with Gasteiger partial charge in [0.2, 0.25) is 17.8 Å². The Labute approximate surface area is 115 Å². The minimum atomic E-state index is -0.460. The Bertz CT molecular complexity index is 582. The van der Waals surface area contributed by atoms with E-state index in [0.717, 1.165) is 0 Å². The molecule has 0 aromatic carbocycles. The molecule has 0 saturated carbocycles. The molecule has 20 heavy (non-hydrogen) atoms. The first-order valence-electron chi connectivity index (χ1n) is 6.09. The maximum atomic E-state index is 11.0. The van der Waals surface area contributed by atoms with E-state index in [2.05, 4.69) is 25.4 Å². The predicted octanol–water partition coefficient (Wildman–Crippen LogP) is -0.589. The Kier molecular flexibility index (Phi) is 4.08. The lowest BCUT2D eigenvalue weighted by atomic mass is 10.5. The lowest BCUT2D eigenvalue weighted by Gasteiger charge is -2.16. The van der Waals surface area contributed by atoms with Crippen LogP contribution >= 0.6 is 0 Å². The molecule has 1 amide bonds. The summed E-state index contributed by atoms with van der Waals surface area (Å²) in [6.07, 6.45) is 3.35. The third-order valence-electron chi connectivity index (χ3n) is 2.39. The fourth-order valence-corrected chi connectivity index (χ4v) is 1.56. The smallest absolute Gasteiger partial charge is 0.257 e. The van der Waals surface area contributed by atoms with Crippen LogP contribution in [-0.2, 0) is 4.79 Å². The van der Waals surface area contributed by atoms with E-state index in [1.165, 1.54) is 4.68 Å². The second-order valence-corrected chi connectivity index (χ2v) is 4.06. The van der Waals surface area contributed by atoms with Crippen molar-refractivity contribution in [3.63, 3.8) is 0 Å². The largest absolute Gasteiger partial charge is 0.368 e. The fraction of sp³-hybridized carbons (Fsp3) is 0.364. The zero-order chi connectivity index (χ0) is 14.5. The molecule has 0 bridgehead atoms. The van der Waals surface area contributed by atoms with Crippen LogP contribution in [0.5, 0.6) is 0 Å². The van der Waals surface area contributed by atoms with Crippen LogP contribution in [0.15, 0.2) is 18.5 Å². The maximum absolute atomic E-state index is 11.0. The van der Waals surface area contributed by atoms with Crippen molar-refractivity contribution in [2.45, 2.75) is 6.92 Å². The highest BCUT2D eigenvalue weighted by atomic mass is 16.1. The molecule has 2 heterocycles. The molecule has 0 radical (unpaired) electrons. The summed E-state index contributed by atoms with van der Waals surface area (Å²) in [5, 5.41) is 7.09. The number of rotatable bonds is 6. The Hall–Kier alpha value is -2.71. The highest BCUT2D eigenvalue weighted by Crippen LogP contribution is 2.11. The molecule has 0 spiro atoms. The molecular weight excluding hydrogens is 260 g/mol. The van der Waals surface area contributed by atoms with Gasteiger partial charge in [-0.05, 0) is 13.0 Å². The maximum Gasteiger partial charge on any atom is 0.257 e. The number of nitrogens with two attached hydrogens (primary N) is 1. The molecule has 9 heteroatoms. The lowest BCUT2D eigenvalue weighted by molar-refractivity contribution is -0.116. The van der Waals surface area contributed by atoms with E-state index >= 15 is 0 Å². The topological polar surface area (TPSA) is 115 Å². The molecule has 0 fully saturated rings. The highest BCUT2D eigenvalue weighted by Gasteiger charge is 2.13. The summed E-state index contributed by atoms with van der Waals surface area (Å²) >= 11 is 0. The third-order valence-corrected chi connectivity index (χ3v) is 2.39. The van der Waals surface area contributed by atoms with Crippen molar-refractivity contribution < 1.29 is 4.79 Å². The molecule has 2 rings (SSSR count). The second kappa shape index (κ2) is 5.95. The van der Waals surface area contributed by atoms with Crippen LogP contribution in [0.3, 0.4) is 0 Å². The van der Waals surface area contributed by atoms with Crippen molar-refractivity contribution in [3.05, 3.63) is 18.5 Å². The van der Waals surface area contributed by atoms with Gasteiger partial charge in [-0.2, -0.15) is 20.1 Å². The number of carbonyl (C=O) groups is 1. The molecule has 0 atom stereocenters. The van der Waals surface area contributed by atoms with E-state index < -0.39 is 5.91 Å². The van der Waals surface area contributed by atoms with Crippen molar-refractivity contribution in [2.24, 2.45) is 5.73 Å². The minimum absolute atomic E-state index is 0.0219. The molecular formula is C11H16N8O. The Balaban J connectivity index is 2.38. The van der Waals surface area contributed by atoms with Gasteiger partial charge in [-0.25, -0.2) is 4.68 Å². The van der Waals surface area contributed by atoms with E-state index in [1.54, 1.807) is 30.4 Å². The van der Waals surface area contributed by atoms with Crippen molar-refractivity contribution >= 4 is 17.8 Å². The van der Waals surface area contributed by atoms with E-state index in [-0.39, 0.29) is 6.54 Å². The summed E-state index contributed by atoms with van der Waals surface area (Å²) in [6, 6.07) is 1.77. The van der Waals surface area contributed by atoms with Gasteiger partial charge in [0.25, 0.3) is 5.95 Å². The standard InChI is InChI=1S/C11H16N8O/c1-3-13-9-15-10(18(2)7-8(12)20)17-11(16-9)19-6-4-5-14-19/h4-6H,3,7H2,1-2H3,(H2,12,20)(H,13,15,16,17). The van der Waals surface area contributed by atoms with Crippen molar-refractivity contribution in [1.82, 2.24) is 24.7 Å². The van der Waals surface area contributed by atoms with E-state index in [1.807, 2.05) is 6.92 Å². The van der Waals surface area contributed by atoms with Gasteiger partial charge in [0.05, 0.1) is 6.54 Å². The number of aromatic nitrogens is 5. The minimum Gasteiger partial charge on any atom is -0.368 e. The zero-order valence-electron chi connectivity index (χ0n) is 11.3. The quantitative estimate of drug-likeness (QED) is 0.724. The van der Waals surface area contributed by atoms with Gasteiger partial charge >= 0.3 is 0 Å². The fourth-order valence-electron chi connectivity index (χ4n) is 1.56. The average molecular weight is 276 g/mol. The van der Waals surface area contributed by atoms with E-state index in [4.69, 9.17) is 5.73 Å². The van der Waals surface area contributed by atoms with Crippen LogP contribution < -0.4 is 16.0 Å². The molecule has 0 unspecified atom stereocenters. The summed E-state index contributed by atoms with van der Waals surface area (Å²) in [4.78, 5) is 25.3. The molecule has 106 valence electrons. The summed E-state index contributed by atoms with van der Waals surface area (Å²) in [7, 11) is 1.68. The van der Waals surface area contributed by atoms with Crippen LogP contribution in [0, 0.1) is 0 Å². The van der Waals surface area contributed by atoms with Gasteiger partial charge in [-0.3, -0.25) is 4.79 Å². The lowest BCUT2D eigenvalue weighted by Crippen LogP contribution is -2.32. The number of amides is 1. The Morgan fingerprint density at radius 3 is 2.85 bits per heavy atom. The van der Waals surface area contributed by atoms with E-state index in [0.29, 0.717) is 24.4 Å². The second-order valence-electron chi connectivity index (χ2n) is 4.06. The summed E-state index contributed by atoms with van der Waals surface area (Å²) in [6.45, 7) is 2.62. The Morgan fingerprint density at radius 1 is 1.45 bits per heavy atom. The SMILES string of the molecule is CCNc1nc(N(C)CC(N)=O)nc(-n2cccn2)n1. The molecule has 2 aromatic heterocycles. The molecule has 0 saturated heterocycles. The number of anilines is 2. The van der Waals surface area contributed by atoms with Gasteiger partial charge in [-0.15, -0.1) is 0 Å². The first kappa shape index (κ1) is 13.7. The van der Waals surface area contributed by atoms with Gasteiger partial charge in [0.1, 0.15) is 0 Å². The van der Waals surface area contributed by atoms with Crippen LogP contribution in [0.1, 0.15) is 6.92 Å². The number of carbonyl (C=O) groups excluding carboxylic acids is 1. The third kappa shape index (κ3) is 3.19. The van der Waals surface area contributed by atoms with Crippen LogP contribution in [-0.4, -0.2) is 50.8 Å². The predicted molar refractivity (Wildman–Crippen MR) is 73.6 cm³/mol. The molecule has 0 aliphatic carbocycles. The summed E-state index contributed by atoms with van der Waals surface area (Å²) < 4.78 is 1.52. The van der Waals surface area contributed by atoms with E-state index in [9.17, 15) is 4.79 Å². The number of nitrogens with zero attached hydrogens (tertiary/aromatic N) is 6. The number of hydrogen-bond donors (Lipinski definition) is 2. The number of primary amides is 1. The summed E-state index contributed by atoms with van der Waals surface area (Å²) in [5.41, 5.74) is 5.18. The average Bonchev–Trinajstić information content (AvgIpc) is 2.92. The van der Waals surface area contributed by atoms with Crippen LogP contribution in [0.4, 0.5) is 11.9 Å². The Morgan fingerprint density at radius 2 is 2.25 bits per heavy atom. The molecule has 0 aliphatic heterocycles. The van der Waals surface area contributed by atoms with Gasteiger partial charge in [-0.1, -0.05) is 0 Å². The van der Waals surface area contributed by atoms with Crippen molar-refractivity contribution in [3.8, 4) is 5.95 Å². The first-order valence-corrected chi connectivity index (χ1v) is 6.09. The number of hydrogen-bond acceptors (Lipinski definition) is 7. The monoisotopic (exact) mass is 276 g/mol. The van der Waals surface area contributed by atoms with Crippen molar-refractivity contribution in [1.29, 1.82) is 0 Å². The first-order chi connectivity index (χ1) is 9.60. The van der Waals surface area contributed by atoms with Crippen LogP contribution in [0.2, 0.25) is 0 Å². The van der Waals surface area contributed by atoms with Gasteiger partial charge < -0.3 is 16.0 Å². The molecule has 3 N–H and O–H groups in total.